The molecule has 0 unspecified atom stereocenters. The van der Waals surface area contributed by atoms with E-state index in [0.29, 0.717) is 19.7 Å². The van der Waals surface area contributed by atoms with Gasteiger partial charge in [-0.1, -0.05) is 36.9 Å². The number of pyridine rings is 1. The maximum atomic E-state index is 5.67. The topological polar surface area (TPSA) is 58.5 Å². The summed E-state index contributed by atoms with van der Waals surface area (Å²) in [5.74, 6) is 1.57. The zero-order chi connectivity index (χ0) is 17.2. The first-order valence-electron chi connectivity index (χ1n) is 7.91. The van der Waals surface area contributed by atoms with Crippen molar-refractivity contribution < 1.29 is 4.74 Å². The van der Waals surface area contributed by atoms with Crippen LogP contribution in [0.4, 0.5) is 0 Å². The number of nitrogens with one attached hydrogen (secondary N) is 2. The van der Waals surface area contributed by atoms with Gasteiger partial charge in [-0.15, -0.1) is 24.0 Å². The zero-order valence-electron chi connectivity index (χ0n) is 14.7. The van der Waals surface area contributed by atoms with Crippen LogP contribution in [0.15, 0.2) is 60.1 Å². The smallest absolute Gasteiger partial charge is 0.191 e. The van der Waals surface area contributed by atoms with Crippen molar-refractivity contribution in [3.8, 4) is 5.75 Å². The van der Waals surface area contributed by atoms with Crippen molar-refractivity contribution in [2.75, 3.05) is 13.7 Å². The molecule has 2 N–H and O–H groups in total. The summed E-state index contributed by atoms with van der Waals surface area (Å²) >= 11 is 0. The summed E-state index contributed by atoms with van der Waals surface area (Å²) in [6.07, 6.45) is 1.74. The Morgan fingerprint density at radius 1 is 1.16 bits per heavy atom. The van der Waals surface area contributed by atoms with Crippen LogP contribution in [0.3, 0.4) is 0 Å². The second-order valence-corrected chi connectivity index (χ2v) is 5.26. The van der Waals surface area contributed by atoms with Crippen LogP contribution in [0.1, 0.15) is 17.0 Å². The molecule has 0 radical (unpaired) electrons. The lowest BCUT2D eigenvalue weighted by molar-refractivity contribution is 0.358. The highest BCUT2D eigenvalue weighted by molar-refractivity contribution is 14.0. The van der Waals surface area contributed by atoms with Crippen LogP contribution in [0.25, 0.3) is 0 Å². The molecule has 0 aliphatic carbocycles. The molecule has 2 aromatic rings. The van der Waals surface area contributed by atoms with E-state index in [0.717, 1.165) is 28.7 Å². The number of hydrogen-bond donors (Lipinski definition) is 2. The van der Waals surface area contributed by atoms with Gasteiger partial charge < -0.3 is 15.4 Å². The summed E-state index contributed by atoms with van der Waals surface area (Å²) in [7, 11) is 1.75. The molecule has 5 nitrogen and oxygen atoms in total. The van der Waals surface area contributed by atoms with Gasteiger partial charge in [0.15, 0.2) is 5.96 Å². The molecule has 0 spiro atoms. The molecule has 1 aromatic heterocycles. The standard InChI is InChI=1S/C19H24N4O.HI/c1-4-12-24-18-11-6-5-9-16(18)13-21-19(20-3)22-14-17-10-7-8-15(2)23-17;/h4-11H,1,12-14H2,2-3H3,(H2,20,21,22);1H. The minimum absolute atomic E-state index is 0. The summed E-state index contributed by atoms with van der Waals surface area (Å²) in [6, 6.07) is 13.9. The largest absolute Gasteiger partial charge is 0.489 e. The Bertz CT molecular complexity index is 703. The number of para-hydroxylation sites is 1. The molecule has 1 aromatic carbocycles. The van der Waals surface area contributed by atoms with Crippen molar-refractivity contribution in [1.82, 2.24) is 15.6 Å². The summed E-state index contributed by atoms with van der Waals surface area (Å²) in [6.45, 7) is 7.39. The summed E-state index contributed by atoms with van der Waals surface area (Å²) in [5, 5.41) is 6.56. The molecular weight excluding hydrogens is 427 g/mol. The number of guanidine groups is 1. The lowest BCUT2D eigenvalue weighted by Crippen LogP contribution is -2.36. The lowest BCUT2D eigenvalue weighted by Gasteiger charge is -2.14. The molecule has 0 aliphatic heterocycles. The Hall–Kier alpha value is -2.09. The first kappa shape index (κ1) is 21.0. The van der Waals surface area contributed by atoms with E-state index in [9.17, 15) is 0 Å². The van der Waals surface area contributed by atoms with Crippen molar-refractivity contribution in [2.45, 2.75) is 20.0 Å². The average molecular weight is 452 g/mol. The second-order valence-electron chi connectivity index (χ2n) is 5.26. The van der Waals surface area contributed by atoms with E-state index < -0.39 is 0 Å². The minimum atomic E-state index is 0. The molecule has 0 saturated heterocycles. The highest BCUT2D eigenvalue weighted by Gasteiger charge is 2.04. The Kier molecular flexibility index (Phi) is 9.61. The SMILES string of the molecule is C=CCOc1ccccc1CNC(=NC)NCc1cccc(C)n1.I. The van der Waals surface area contributed by atoms with Crippen LogP contribution < -0.4 is 15.4 Å². The maximum absolute atomic E-state index is 5.67. The predicted octanol–water partition coefficient (Wildman–Crippen LogP) is 3.44. The van der Waals surface area contributed by atoms with Crippen LogP contribution in [0, 0.1) is 6.92 Å². The quantitative estimate of drug-likeness (QED) is 0.293. The summed E-state index contributed by atoms with van der Waals surface area (Å²) in [4.78, 5) is 8.71. The van der Waals surface area contributed by atoms with Crippen molar-refractivity contribution >= 4 is 29.9 Å². The van der Waals surface area contributed by atoms with E-state index in [-0.39, 0.29) is 24.0 Å². The minimum Gasteiger partial charge on any atom is -0.489 e. The number of aliphatic imine (C=N–C) groups is 1. The van der Waals surface area contributed by atoms with E-state index in [1.807, 2.05) is 49.4 Å². The van der Waals surface area contributed by atoms with Crippen LogP contribution >= 0.6 is 24.0 Å². The predicted molar refractivity (Wildman–Crippen MR) is 114 cm³/mol. The number of rotatable bonds is 7. The van der Waals surface area contributed by atoms with Gasteiger partial charge in [-0.2, -0.15) is 0 Å². The molecule has 0 fully saturated rings. The van der Waals surface area contributed by atoms with Crippen LogP contribution in [0.5, 0.6) is 5.75 Å². The highest BCUT2D eigenvalue weighted by Crippen LogP contribution is 2.17. The molecule has 2 rings (SSSR count). The van der Waals surface area contributed by atoms with E-state index in [4.69, 9.17) is 4.74 Å². The number of aryl methyl sites for hydroxylation is 1. The number of ether oxygens (including phenoxy) is 1. The second kappa shape index (κ2) is 11.5. The highest BCUT2D eigenvalue weighted by atomic mass is 127. The Balaban J connectivity index is 0.00000312. The van der Waals surface area contributed by atoms with Gasteiger partial charge in [0.25, 0.3) is 0 Å². The molecule has 0 saturated carbocycles. The van der Waals surface area contributed by atoms with Crippen LogP contribution in [0.2, 0.25) is 0 Å². The van der Waals surface area contributed by atoms with Gasteiger partial charge in [-0.3, -0.25) is 9.98 Å². The molecule has 6 heteroatoms. The van der Waals surface area contributed by atoms with E-state index in [2.05, 4.69) is 27.2 Å². The van der Waals surface area contributed by atoms with Crippen molar-refractivity contribution in [3.63, 3.8) is 0 Å². The van der Waals surface area contributed by atoms with Gasteiger partial charge in [0.05, 0.1) is 12.2 Å². The van der Waals surface area contributed by atoms with Gasteiger partial charge >= 0.3 is 0 Å². The van der Waals surface area contributed by atoms with Crippen molar-refractivity contribution in [3.05, 3.63) is 72.1 Å². The number of aromatic nitrogens is 1. The zero-order valence-corrected chi connectivity index (χ0v) is 17.0. The lowest BCUT2D eigenvalue weighted by atomic mass is 10.2. The monoisotopic (exact) mass is 452 g/mol. The number of hydrogen-bond acceptors (Lipinski definition) is 3. The fraction of sp³-hybridized carbons (Fsp3) is 0.263. The van der Waals surface area contributed by atoms with Gasteiger partial charge in [0.2, 0.25) is 0 Å². The third kappa shape index (κ3) is 7.13. The molecule has 25 heavy (non-hydrogen) atoms. The van der Waals surface area contributed by atoms with E-state index in [1.54, 1.807) is 13.1 Å². The Labute approximate surface area is 166 Å². The first-order chi connectivity index (χ1) is 11.7. The van der Waals surface area contributed by atoms with Crippen LogP contribution in [-0.2, 0) is 13.1 Å². The normalized spacial score (nSPS) is 10.6. The van der Waals surface area contributed by atoms with Crippen molar-refractivity contribution in [2.24, 2.45) is 4.99 Å². The fourth-order valence-corrected chi connectivity index (χ4v) is 2.21. The molecule has 0 aliphatic rings. The first-order valence-corrected chi connectivity index (χ1v) is 7.91. The maximum Gasteiger partial charge on any atom is 0.191 e. The van der Waals surface area contributed by atoms with Gasteiger partial charge in [-0.05, 0) is 25.1 Å². The van der Waals surface area contributed by atoms with Gasteiger partial charge in [-0.25, -0.2) is 0 Å². The summed E-state index contributed by atoms with van der Waals surface area (Å²) < 4.78 is 5.67. The Morgan fingerprint density at radius 2 is 1.92 bits per heavy atom. The van der Waals surface area contributed by atoms with Gasteiger partial charge in [0, 0.05) is 24.8 Å². The fourth-order valence-electron chi connectivity index (χ4n) is 2.21. The Morgan fingerprint density at radius 3 is 2.64 bits per heavy atom. The van der Waals surface area contributed by atoms with E-state index in [1.165, 1.54) is 0 Å². The van der Waals surface area contributed by atoms with E-state index >= 15 is 0 Å². The molecule has 0 bridgehead atoms. The van der Waals surface area contributed by atoms with Crippen LogP contribution in [-0.4, -0.2) is 24.6 Å². The molecule has 0 atom stereocenters. The third-order valence-corrected chi connectivity index (χ3v) is 3.38. The molecule has 134 valence electrons. The third-order valence-electron chi connectivity index (χ3n) is 3.38. The number of benzene rings is 1. The molecule has 0 amide bonds. The number of nitrogens with zero attached hydrogens (tertiary/aromatic N) is 2. The van der Waals surface area contributed by atoms with Crippen molar-refractivity contribution in [1.29, 1.82) is 0 Å². The van der Waals surface area contributed by atoms with Gasteiger partial charge in [0.1, 0.15) is 12.4 Å². The average Bonchev–Trinajstić information content (AvgIpc) is 2.61. The molecular formula is C19H25IN4O. The molecule has 1 heterocycles. The number of halogens is 1. The summed E-state index contributed by atoms with van der Waals surface area (Å²) in [5.41, 5.74) is 3.05.